The van der Waals surface area contributed by atoms with Gasteiger partial charge in [0.05, 0.1) is 5.56 Å². The highest BCUT2D eigenvalue weighted by atomic mass is 16.2. The molecule has 1 amide bonds. The quantitative estimate of drug-likeness (QED) is 0.930. The second-order valence-corrected chi connectivity index (χ2v) is 6.81. The van der Waals surface area contributed by atoms with E-state index >= 15 is 0 Å². The largest absolute Gasteiger partial charge is 0.345 e. The van der Waals surface area contributed by atoms with Crippen LogP contribution in [0.25, 0.3) is 0 Å². The molecule has 0 radical (unpaired) electrons. The summed E-state index contributed by atoms with van der Waals surface area (Å²) in [6, 6.07) is 2.88. The van der Waals surface area contributed by atoms with Gasteiger partial charge in [-0.15, -0.1) is 0 Å². The molecule has 2 N–H and O–H groups in total. The molecule has 0 bridgehead atoms. The fraction of sp³-hybridized carbons (Fsp3) is 0.706. The van der Waals surface area contributed by atoms with Crippen molar-refractivity contribution in [1.29, 1.82) is 0 Å². The third kappa shape index (κ3) is 2.50. The van der Waals surface area contributed by atoms with E-state index in [0.29, 0.717) is 18.5 Å². The summed E-state index contributed by atoms with van der Waals surface area (Å²) in [4.78, 5) is 15.0. The highest BCUT2D eigenvalue weighted by Gasteiger charge is 2.34. The molecule has 1 saturated carbocycles. The van der Waals surface area contributed by atoms with Crippen molar-refractivity contribution in [3.8, 4) is 0 Å². The molecule has 2 fully saturated rings. The van der Waals surface area contributed by atoms with Crippen molar-refractivity contribution in [3.05, 3.63) is 23.0 Å². The Morgan fingerprint density at radius 1 is 1.33 bits per heavy atom. The van der Waals surface area contributed by atoms with Crippen LogP contribution in [0.3, 0.4) is 0 Å². The molecule has 2 atom stereocenters. The second-order valence-electron chi connectivity index (χ2n) is 6.81. The van der Waals surface area contributed by atoms with Crippen molar-refractivity contribution in [1.82, 2.24) is 9.47 Å². The minimum atomic E-state index is 0.178. The maximum absolute atomic E-state index is 13.0. The molecule has 3 rings (SSSR count). The van der Waals surface area contributed by atoms with Gasteiger partial charge in [0.1, 0.15) is 0 Å². The molecule has 4 heteroatoms. The molecular formula is C17H27N3O. The molecular weight excluding hydrogens is 262 g/mol. The van der Waals surface area contributed by atoms with E-state index in [1.54, 1.807) is 0 Å². The Balaban J connectivity index is 1.89. The molecule has 116 valence electrons. The van der Waals surface area contributed by atoms with E-state index in [1.165, 1.54) is 25.0 Å². The Hall–Kier alpha value is -1.29. The molecule has 0 aromatic carbocycles. The normalized spacial score (nSPS) is 26.2. The summed E-state index contributed by atoms with van der Waals surface area (Å²) >= 11 is 0. The van der Waals surface area contributed by atoms with Crippen LogP contribution in [0.2, 0.25) is 0 Å². The second kappa shape index (κ2) is 5.48. The number of aryl methyl sites for hydroxylation is 1. The van der Waals surface area contributed by atoms with Gasteiger partial charge in [-0.25, -0.2) is 0 Å². The molecule has 1 aromatic rings. The lowest BCUT2D eigenvalue weighted by Crippen LogP contribution is -2.51. The monoisotopic (exact) mass is 289 g/mol. The van der Waals surface area contributed by atoms with Gasteiger partial charge in [-0.2, -0.15) is 0 Å². The average Bonchev–Trinajstić information content (AvgIpc) is 3.24. The third-order valence-electron chi connectivity index (χ3n) is 5.24. The zero-order valence-corrected chi connectivity index (χ0v) is 13.4. The highest BCUT2D eigenvalue weighted by Crippen LogP contribution is 2.38. The SMILES string of the molecule is Cc1cc(C(=O)N2CCC[C@H](C)[C@@H]2CN)c(C)n1C1CC1. The van der Waals surface area contributed by atoms with Gasteiger partial charge in [0.2, 0.25) is 0 Å². The van der Waals surface area contributed by atoms with E-state index in [0.717, 1.165) is 24.2 Å². The topological polar surface area (TPSA) is 51.3 Å². The number of nitrogens with two attached hydrogens (primary N) is 1. The van der Waals surface area contributed by atoms with Crippen LogP contribution in [0.1, 0.15) is 60.4 Å². The molecule has 21 heavy (non-hydrogen) atoms. The molecule has 0 unspecified atom stereocenters. The minimum Gasteiger partial charge on any atom is -0.345 e. The van der Waals surface area contributed by atoms with Gasteiger partial charge < -0.3 is 15.2 Å². The zero-order valence-electron chi connectivity index (χ0n) is 13.4. The summed E-state index contributed by atoms with van der Waals surface area (Å²) in [7, 11) is 0. The predicted molar refractivity (Wildman–Crippen MR) is 84.5 cm³/mol. The van der Waals surface area contributed by atoms with Crippen molar-refractivity contribution < 1.29 is 4.79 Å². The Kier molecular flexibility index (Phi) is 3.82. The molecule has 2 aliphatic rings. The van der Waals surface area contributed by atoms with Crippen LogP contribution in [0.15, 0.2) is 6.07 Å². The van der Waals surface area contributed by atoms with E-state index < -0.39 is 0 Å². The number of piperidine rings is 1. The van der Waals surface area contributed by atoms with Crippen molar-refractivity contribution in [2.75, 3.05) is 13.1 Å². The maximum Gasteiger partial charge on any atom is 0.255 e. The summed E-state index contributed by atoms with van der Waals surface area (Å²) < 4.78 is 2.35. The van der Waals surface area contributed by atoms with E-state index in [9.17, 15) is 4.79 Å². The molecule has 1 aliphatic heterocycles. The first-order valence-corrected chi connectivity index (χ1v) is 8.24. The van der Waals surface area contributed by atoms with Gasteiger partial charge in [-0.05, 0) is 51.5 Å². The van der Waals surface area contributed by atoms with Gasteiger partial charge in [0.25, 0.3) is 5.91 Å². The maximum atomic E-state index is 13.0. The van der Waals surface area contributed by atoms with Gasteiger partial charge in [0.15, 0.2) is 0 Å². The summed E-state index contributed by atoms with van der Waals surface area (Å²) in [5.74, 6) is 0.677. The molecule has 0 spiro atoms. The smallest absolute Gasteiger partial charge is 0.255 e. The van der Waals surface area contributed by atoms with Crippen LogP contribution >= 0.6 is 0 Å². The van der Waals surface area contributed by atoms with Crippen LogP contribution in [0.5, 0.6) is 0 Å². The summed E-state index contributed by atoms with van der Waals surface area (Å²) in [5, 5.41) is 0. The number of hydrogen-bond donors (Lipinski definition) is 1. The molecule has 1 aliphatic carbocycles. The Labute approximate surface area is 127 Å². The van der Waals surface area contributed by atoms with Gasteiger partial charge in [-0.1, -0.05) is 6.92 Å². The van der Waals surface area contributed by atoms with Crippen molar-refractivity contribution in [2.24, 2.45) is 11.7 Å². The van der Waals surface area contributed by atoms with Crippen LogP contribution in [-0.2, 0) is 0 Å². The number of amides is 1. The van der Waals surface area contributed by atoms with Crippen molar-refractivity contribution in [2.45, 2.75) is 58.5 Å². The predicted octanol–water partition coefficient (Wildman–Crippen LogP) is 2.64. The van der Waals surface area contributed by atoms with Crippen LogP contribution in [-0.4, -0.2) is 34.5 Å². The van der Waals surface area contributed by atoms with Crippen LogP contribution in [0.4, 0.5) is 0 Å². The van der Waals surface area contributed by atoms with Crippen LogP contribution in [0, 0.1) is 19.8 Å². The summed E-state index contributed by atoms with van der Waals surface area (Å²) in [6.07, 6.45) is 4.75. The first kappa shape index (κ1) is 14.6. The summed E-state index contributed by atoms with van der Waals surface area (Å²) in [5.41, 5.74) is 9.16. The van der Waals surface area contributed by atoms with E-state index in [1.807, 2.05) is 4.90 Å². The lowest BCUT2D eigenvalue weighted by molar-refractivity contribution is 0.0531. The lowest BCUT2D eigenvalue weighted by atomic mass is 9.90. The Morgan fingerprint density at radius 3 is 2.67 bits per heavy atom. The molecule has 1 aromatic heterocycles. The third-order valence-corrected chi connectivity index (χ3v) is 5.24. The number of hydrogen-bond acceptors (Lipinski definition) is 2. The average molecular weight is 289 g/mol. The van der Waals surface area contributed by atoms with Gasteiger partial charge in [0, 0.05) is 36.6 Å². The number of rotatable bonds is 3. The molecule has 4 nitrogen and oxygen atoms in total. The standard InChI is InChI=1S/C17H27N3O/c1-11-5-4-8-19(16(11)10-18)17(21)15-9-12(2)20(13(15)3)14-6-7-14/h9,11,14,16H,4-8,10,18H2,1-3H3/t11-,16-/m0/s1. The van der Waals surface area contributed by atoms with Gasteiger partial charge in [-0.3, -0.25) is 4.79 Å². The molecule has 1 saturated heterocycles. The van der Waals surface area contributed by atoms with Crippen LogP contribution < -0.4 is 5.73 Å². The number of nitrogens with zero attached hydrogens (tertiary/aromatic N) is 2. The Bertz CT molecular complexity index is 544. The van der Waals surface area contributed by atoms with Crippen molar-refractivity contribution in [3.63, 3.8) is 0 Å². The first-order chi connectivity index (χ1) is 10.0. The number of carbonyl (C=O) groups excluding carboxylic acids is 1. The first-order valence-electron chi connectivity index (χ1n) is 8.24. The minimum absolute atomic E-state index is 0.178. The fourth-order valence-corrected chi connectivity index (χ4v) is 3.90. The van der Waals surface area contributed by atoms with Gasteiger partial charge >= 0.3 is 0 Å². The van der Waals surface area contributed by atoms with Crippen molar-refractivity contribution >= 4 is 5.91 Å². The number of carbonyl (C=O) groups is 1. The van der Waals surface area contributed by atoms with E-state index in [2.05, 4.69) is 31.4 Å². The number of aromatic nitrogens is 1. The molecule has 2 heterocycles. The Morgan fingerprint density at radius 2 is 2.05 bits per heavy atom. The van der Waals surface area contributed by atoms with E-state index in [-0.39, 0.29) is 11.9 Å². The van der Waals surface area contributed by atoms with E-state index in [4.69, 9.17) is 5.73 Å². The fourth-order valence-electron chi connectivity index (χ4n) is 3.90. The number of likely N-dealkylation sites (tertiary alicyclic amines) is 1. The summed E-state index contributed by atoms with van der Waals surface area (Å²) in [6.45, 7) is 7.82. The zero-order chi connectivity index (χ0) is 15.1. The highest BCUT2D eigenvalue weighted by molar-refractivity contribution is 5.96. The lowest BCUT2D eigenvalue weighted by Gasteiger charge is -2.39.